The first-order valence-electron chi connectivity index (χ1n) is 15.5. The van der Waals surface area contributed by atoms with Gasteiger partial charge >= 0.3 is 0 Å². The normalized spacial score (nSPS) is 22.8. The molecule has 0 spiro atoms. The predicted molar refractivity (Wildman–Crippen MR) is 156 cm³/mol. The molecule has 2 unspecified atom stereocenters. The van der Waals surface area contributed by atoms with Crippen LogP contribution in [0.1, 0.15) is 143 Å². The summed E-state index contributed by atoms with van der Waals surface area (Å²) in [5.41, 5.74) is -1.22. The molecule has 2 fully saturated rings. The van der Waals surface area contributed by atoms with Gasteiger partial charge in [-0.2, -0.15) is 0 Å². The number of rotatable bonds is 19. The van der Waals surface area contributed by atoms with Gasteiger partial charge < -0.3 is 9.04 Å². The lowest BCUT2D eigenvalue weighted by Gasteiger charge is -2.37. The molecule has 2 saturated carbocycles. The van der Waals surface area contributed by atoms with Gasteiger partial charge in [-0.25, -0.2) is 8.42 Å². The van der Waals surface area contributed by atoms with Crippen molar-refractivity contribution in [1.82, 2.24) is 0 Å². The summed E-state index contributed by atoms with van der Waals surface area (Å²) in [7, 11) is 2.56. The van der Waals surface area contributed by atoms with Crippen molar-refractivity contribution < 1.29 is 22.2 Å². The molecule has 2 rings (SSSR count). The summed E-state index contributed by atoms with van der Waals surface area (Å²) in [5, 5.41) is 0. The van der Waals surface area contributed by atoms with E-state index in [-0.39, 0.29) is 17.1 Å². The van der Waals surface area contributed by atoms with E-state index in [9.17, 15) is 17.8 Å². The van der Waals surface area contributed by atoms with Crippen molar-refractivity contribution in [2.45, 2.75) is 143 Å². The standard InChI is InChI=1S/C21H46N.C10H16O4S/c1-5-6-7-8-9-10-11-12-13-14-15-16-17-18-19-20-21-22(2,3)4;1-9(2)7-3-4-10(9,8(11)5-7)6-15(12,13)14/h5-21H2,1-4H3;7H,3-6H2,1-2H3,(H,12,13,14)/q+1;/p-1. The second kappa shape index (κ2) is 16.6. The number of nitrogens with zero attached hydrogens (tertiary/aromatic N) is 1. The number of carbonyl (C=O) groups excluding carboxylic acids is 1. The number of unbranched alkanes of at least 4 members (excludes halogenated alkanes) is 15. The van der Waals surface area contributed by atoms with Gasteiger partial charge in [-0.1, -0.05) is 111 Å². The highest BCUT2D eigenvalue weighted by molar-refractivity contribution is 7.85. The zero-order valence-corrected chi connectivity index (χ0v) is 26.2. The molecule has 2 aliphatic carbocycles. The molecule has 2 bridgehead atoms. The molecule has 2 aliphatic rings. The van der Waals surface area contributed by atoms with Crippen LogP contribution < -0.4 is 0 Å². The Morgan fingerprint density at radius 2 is 1.19 bits per heavy atom. The Hall–Kier alpha value is -0.460. The van der Waals surface area contributed by atoms with E-state index in [0.717, 1.165) is 10.9 Å². The van der Waals surface area contributed by atoms with Crippen LogP contribution in [0.25, 0.3) is 0 Å². The minimum absolute atomic E-state index is 0.0248. The first-order chi connectivity index (χ1) is 17.3. The Morgan fingerprint density at radius 1 is 0.784 bits per heavy atom. The lowest BCUT2D eigenvalue weighted by Crippen LogP contribution is -2.42. The monoisotopic (exact) mass is 543 g/mol. The van der Waals surface area contributed by atoms with E-state index >= 15 is 0 Å². The number of ketones is 1. The molecule has 6 heteroatoms. The summed E-state index contributed by atoms with van der Waals surface area (Å²) in [6.07, 6.45) is 25.2. The molecule has 5 nitrogen and oxygen atoms in total. The summed E-state index contributed by atoms with van der Waals surface area (Å²) in [4.78, 5) is 11.8. The molecule has 220 valence electrons. The van der Waals surface area contributed by atoms with Crippen molar-refractivity contribution >= 4 is 15.9 Å². The first-order valence-corrected chi connectivity index (χ1v) is 17.1. The third kappa shape index (κ3) is 13.0. The van der Waals surface area contributed by atoms with E-state index in [1.54, 1.807) is 0 Å². The van der Waals surface area contributed by atoms with Crippen LogP contribution >= 0.6 is 0 Å². The number of hydrogen-bond acceptors (Lipinski definition) is 4. The van der Waals surface area contributed by atoms with Crippen molar-refractivity contribution in [2.24, 2.45) is 16.7 Å². The lowest BCUT2D eigenvalue weighted by atomic mass is 9.70. The zero-order chi connectivity index (χ0) is 28.0. The van der Waals surface area contributed by atoms with Gasteiger partial charge in [-0.05, 0) is 37.0 Å². The van der Waals surface area contributed by atoms with Crippen LogP contribution in [0, 0.1) is 16.7 Å². The van der Waals surface area contributed by atoms with Gasteiger partial charge in [-0.3, -0.25) is 4.79 Å². The second-order valence-electron chi connectivity index (χ2n) is 13.7. The van der Waals surface area contributed by atoms with Crippen LogP contribution in [0.3, 0.4) is 0 Å². The number of Topliss-reactive ketones (excluding diaryl/α,β-unsaturated/α-hetero) is 1. The van der Waals surface area contributed by atoms with Crippen LogP contribution in [-0.2, 0) is 14.9 Å². The van der Waals surface area contributed by atoms with Gasteiger partial charge in [0.25, 0.3) is 0 Å². The van der Waals surface area contributed by atoms with Gasteiger partial charge in [0.15, 0.2) is 0 Å². The second-order valence-corrected chi connectivity index (χ2v) is 15.1. The molecule has 0 aliphatic heterocycles. The average molecular weight is 544 g/mol. The molecule has 0 aromatic heterocycles. The minimum atomic E-state index is -4.33. The van der Waals surface area contributed by atoms with E-state index in [1.165, 1.54) is 109 Å². The minimum Gasteiger partial charge on any atom is -0.748 e. The Kier molecular flexibility index (Phi) is 15.5. The fourth-order valence-electron chi connectivity index (χ4n) is 6.54. The maximum atomic E-state index is 11.8. The molecular formula is C31H61NO4S. The number of carbonyl (C=O) groups is 1. The highest BCUT2D eigenvalue weighted by atomic mass is 32.2. The quantitative estimate of drug-likeness (QED) is 0.0943. The molecule has 0 aromatic carbocycles. The summed E-state index contributed by atoms with van der Waals surface area (Å²) in [6, 6.07) is 0. The van der Waals surface area contributed by atoms with Gasteiger partial charge in [-0.15, -0.1) is 0 Å². The van der Waals surface area contributed by atoms with Crippen LogP contribution in [0.4, 0.5) is 0 Å². The maximum absolute atomic E-state index is 11.8. The third-order valence-corrected chi connectivity index (χ3v) is 10.1. The van der Waals surface area contributed by atoms with Crippen molar-refractivity contribution in [3.8, 4) is 0 Å². The Bertz CT molecular complexity index is 741. The molecule has 0 amide bonds. The molecule has 37 heavy (non-hydrogen) atoms. The summed E-state index contributed by atoms with van der Waals surface area (Å²) < 4.78 is 33.8. The predicted octanol–water partition coefficient (Wildman–Crippen LogP) is 7.88. The van der Waals surface area contributed by atoms with Crippen molar-refractivity contribution in [1.29, 1.82) is 0 Å². The largest absolute Gasteiger partial charge is 0.748 e. The fourth-order valence-corrected chi connectivity index (χ4v) is 7.83. The first kappa shape index (κ1) is 34.6. The zero-order valence-electron chi connectivity index (χ0n) is 25.4. The molecule has 0 heterocycles. The highest BCUT2D eigenvalue weighted by Gasteiger charge is 2.64. The van der Waals surface area contributed by atoms with Crippen LogP contribution in [0.5, 0.6) is 0 Å². The highest BCUT2D eigenvalue weighted by Crippen LogP contribution is 2.64. The van der Waals surface area contributed by atoms with Gasteiger partial charge in [0.05, 0.1) is 43.6 Å². The van der Waals surface area contributed by atoms with Crippen molar-refractivity contribution in [3.05, 3.63) is 0 Å². The van der Waals surface area contributed by atoms with Crippen LogP contribution in [0.15, 0.2) is 0 Å². The number of quaternary nitrogens is 1. The topological polar surface area (TPSA) is 74.3 Å². The summed E-state index contributed by atoms with van der Waals surface area (Å²) in [6.45, 7) is 7.46. The Morgan fingerprint density at radius 3 is 1.49 bits per heavy atom. The molecule has 0 saturated heterocycles. The van der Waals surface area contributed by atoms with E-state index in [4.69, 9.17) is 0 Å². The lowest BCUT2D eigenvalue weighted by molar-refractivity contribution is -0.870. The fraction of sp³-hybridized carbons (Fsp3) is 0.968. The molecule has 0 aromatic rings. The van der Waals surface area contributed by atoms with E-state index in [1.807, 2.05) is 13.8 Å². The molecular weight excluding hydrogens is 482 g/mol. The van der Waals surface area contributed by atoms with Gasteiger partial charge in [0.1, 0.15) is 5.78 Å². The van der Waals surface area contributed by atoms with Crippen LogP contribution in [-0.4, -0.2) is 56.7 Å². The number of fused-ring (bicyclic) bond motifs is 2. The Balaban J connectivity index is 0.000000394. The molecule has 2 atom stereocenters. The molecule has 0 N–H and O–H groups in total. The smallest absolute Gasteiger partial charge is 0.140 e. The van der Waals surface area contributed by atoms with Crippen molar-refractivity contribution in [2.75, 3.05) is 33.4 Å². The van der Waals surface area contributed by atoms with E-state index in [2.05, 4.69) is 28.1 Å². The van der Waals surface area contributed by atoms with E-state index < -0.39 is 21.3 Å². The summed E-state index contributed by atoms with van der Waals surface area (Å²) in [5.74, 6) is -0.280. The van der Waals surface area contributed by atoms with E-state index in [0.29, 0.717) is 12.8 Å². The van der Waals surface area contributed by atoms with Gasteiger partial charge in [0.2, 0.25) is 0 Å². The summed E-state index contributed by atoms with van der Waals surface area (Å²) >= 11 is 0. The van der Waals surface area contributed by atoms with Crippen LogP contribution in [0.2, 0.25) is 0 Å². The maximum Gasteiger partial charge on any atom is 0.140 e. The average Bonchev–Trinajstić information content (AvgIpc) is 3.12. The third-order valence-electron chi connectivity index (χ3n) is 9.24. The number of hydrogen-bond donors (Lipinski definition) is 0. The SMILES string of the molecule is CC1(C)C2CCC1(CS(=O)(=O)[O-])C(=O)C2.CCCCCCCCCCCCCCCCCC[N+](C)(C)C. The molecule has 0 radical (unpaired) electrons. The van der Waals surface area contributed by atoms with Crippen molar-refractivity contribution in [3.63, 3.8) is 0 Å². The Labute approximate surface area is 230 Å². The van der Waals surface area contributed by atoms with Gasteiger partial charge in [0, 0.05) is 11.8 Å².